The first kappa shape index (κ1) is 23.9. The summed E-state index contributed by atoms with van der Waals surface area (Å²) in [5, 5.41) is 2.82. The van der Waals surface area contributed by atoms with Gasteiger partial charge in [-0.3, -0.25) is 9.10 Å². The van der Waals surface area contributed by atoms with Crippen LogP contribution in [0, 0.1) is 0 Å². The second kappa shape index (κ2) is 10.3. The van der Waals surface area contributed by atoms with E-state index in [0.29, 0.717) is 28.7 Å². The third-order valence-corrected chi connectivity index (χ3v) is 6.06. The maximum Gasteiger partial charge on any atom is 0.258 e. The molecule has 0 saturated carbocycles. The van der Waals surface area contributed by atoms with Gasteiger partial charge in [0, 0.05) is 12.6 Å². The van der Waals surface area contributed by atoms with Gasteiger partial charge in [-0.15, -0.1) is 0 Å². The van der Waals surface area contributed by atoms with Crippen molar-refractivity contribution in [1.29, 1.82) is 0 Å². The Balaban J connectivity index is 2.04. The van der Waals surface area contributed by atoms with Crippen molar-refractivity contribution in [3.63, 3.8) is 0 Å². The summed E-state index contributed by atoms with van der Waals surface area (Å²) in [5.74, 6) is 1.12. The van der Waals surface area contributed by atoms with Crippen LogP contribution >= 0.6 is 0 Å². The molecule has 1 N–H and O–H groups in total. The standard InChI is InChI=1S/C24H26N2O6S/c1-5-26(33(4,28)29)20-16-23(31-3)22(30-2)15-18(20)24(27)25-19-13-9-10-14-21(19)32-17-11-7-6-8-12-17/h6-16H,5H2,1-4H3,(H,25,27). The molecule has 1 amide bonds. The summed E-state index contributed by atoms with van der Waals surface area (Å²) in [6.45, 7) is 1.81. The summed E-state index contributed by atoms with van der Waals surface area (Å²) in [7, 11) is -0.777. The van der Waals surface area contributed by atoms with Crippen LogP contribution in [-0.2, 0) is 10.0 Å². The van der Waals surface area contributed by atoms with Gasteiger partial charge in [0.15, 0.2) is 17.2 Å². The predicted molar refractivity (Wildman–Crippen MR) is 128 cm³/mol. The van der Waals surface area contributed by atoms with Crippen molar-refractivity contribution in [2.24, 2.45) is 0 Å². The number of methoxy groups -OCH3 is 2. The summed E-state index contributed by atoms with van der Waals surface area (Å²) >= 11 is 0. The number of ether oxygens (including phenoxy) is 3. The Hall–Kier alpha value is -3.72. The number of hydrogen-bond donors (Lipinski definition) is 1. The van der Waals surface area contributed by atoms with Gasteiger partial charge in [0.1, 0.15) is 5.75 Å². The third kappa shape index (κ3) is 5.56. The molecule has 9 heteroatoms. The number of nitrogens with zero attached hydrogens (tertiary/aromatic N) is 1. The van der Waals surface area contributed by atoms with E-state index in [4.69, 9.17) is 14.2 Å². The molecule has 0 aliphatic heterocycles. The van der Waals surface area contributed by atoms with E-state index in [-0.39, 0.29) is 17.8 Å². The molecule has 0 saturated heterocycles. The number of anilines is 2. The lowest BCUT2D eigenvalue weighted by Crippen LogP contribution is -2.31. The minimum absolute atomic E-state index is 0.106. The molecule has 0 atom stereocenters. The Kier molecular flexibility index (Phi) is 7.44. The van der Waals surface area contributed by atoms with Crippen molar-refractivity contribution < 1.29 is 27.4 Å². The second-order valence-electron chi connectivity index (χ2n) is 7.02. The Morgan fingerprint density at radius 2 is 1.52 bits per heavy atom. The van der Waals surface area contributed by atoms with Gasteiger partial charge in [-0.1, -0.05) is 30.3 Å². The maximum absolute atomic E-state index is 13.4. The fourth-order valence-electron chi connectivity index (χ4n) is 3.30. The summed E-state index contributed by atoms with van der Waals surface area (Å²) in [4.78, 5) is 13.4. The lowest BCUT2D eigenvalue weighted by atomic mass is 10.1. The molecule has 0 aromatic heterocycles. The number of para-hydroxylation sites is 3. The summed E-state index contributed by atoms with van der Waals surface area (Å²) in [6, 6.07) is 19.1. The number of sulfonamides is 1. The number of nitrogens with one attached hydrogen (secondary N) is 1. The van der Waals surface area contributed by atoms with Gasteiger partial charge in [0.2, 0.25) is 10.0 Å². The monoisotopic (exact) mass is 470 g/mol. The number of carbonyl (C=O) groups excluding carboxylic acids is 1. The van der Waals surface area contributed by atoms with Crippen LogP contribution in [-0.4, -0.2) is 41.3 Å². The van der Waals surface area contributed by atoms with Gasteiger partial charge < -0.3 is 19.5 Å². The normalized spacial score (nSPS) is 10.9. The molecule has 0 bridgehead atoms. The summed E-state index contributed by atoms with van der Waals surface area (Å²) in [6.07, 6.45) is 1.08. The molecule has 0 radical (unpaired) electrons. The topological polar surface area (TPSA) is 94.2 Å². The van der Waals surface area contributed by atoms with Crippen LogP contribution in [0.5, 0.6) is 23.0 Å². The molecule has 0 heterocycles. The first-order valence-corrected chi connectivity index (χ1v) is 12.0. The Morgan fingerprint density at radius 1 is 0.909 bits per heavy atom. The van der Waals surface area contributed by atoms with Gasteiger partial charge in [0.05, 0.1) is 37.4 Å². The number of rotatable bonds is 9. The van der Waals surface area contributed by atoms with Gasteiger partial charge in [-0.2, -0.15) is 0 Å². The molecule has 33 heavy (non-hydrogen) atoms. The van der Waals surface area contributed by atoms with E-state index in [2.05, 4.69) is 5.32 Å². The Labute approximate surface area is 193 Å². The zero-order valence-corrected chi connectivity index (χ0v) is 19.7. The van der Waals surface area contributed by atoms with Crippen molar-refractivity contribution in [2.75, 3.05) is 36.6 Å². The van der Waals surface area contributed by atoms with Gasteiger partial charge in [-0.25, -0.2) is 8.42 Å². The number of benzene rings is 3. The van der Waals surface area contributed by atoms with Gasteiger partial charge in [-0.05, 0) is 37.3 Å². The highest BCUT2D eigenvalue weighted by atomic mass is 32.2. The Bertz CT molecular complexity index is 1230. The lowest BCUT2D eigenvalue weighted by Gasteiger charge is -2.24. The molecule has 0 aliphatic carbocycles. The lowest BCUT2D eigenvalue weighted by molar-refractivity contribution is 0.102. The molecule has 3 aromatic carbocycles. The van der Waals surface area contributed by atoms with E-state index in [0.717, 1.165) is 10.6 Å². The van der Waals surface area contributed by atoms with Crippen LogP contribution in [0.1, 0.15) is 17.3 Å². The zero-order chi connectivity index (χ0) is 24.0. The third-order valence-electron chi connectivity index (χ3n) is 4.81. The van der Waals surface area contributed by atoms with Gasteiger partial charge >= 0.3 is 0 Å². The summed E-state index contributed by atoms with van der Waals surface area (Å²) < 4.78 is 42.5. The molecule has 3 rings (SSSR count). The highest BCUT2D eigenvalue weighted by Gasteiger charge is 2.25. The molecule has 0 spiro atoms. The molecule has 8 nitrogen and oxygen atoms in total. The molecule has 174 valence electrons. The van der Waals surface area contributed by atoms with Crippen LogP contribution in [0.15, 0.2) is 66.7 Å². The van der Waals surface area contributed by atoms with E-state index in [1.54, 1.807) is 43.3 Å². The highest BCUT2D eigenvalue weighted by Crippen LogP contribution is 2.37. The molecule has 0 fully saturated rings. The number of hydrogen-bond acceptors (Lipinski definition) is 6. The summed E-state index contributed by atoms with van der Waals surface area (Å²) in [5.41, 5.74) is 0.709. The average Bonchev–Trinajstić information content (AvgIpc) is 2.80. The van der Waals surface area contributed by atoms with E-state index in [1.807, 2.05) is 18.2 Å². The van der Waals surface area contributed by atoms with Crippen LogP contribution < -0.4 is 23.8 Å². The van der Waals surface area contributed by atoms with E-state index in [9.17, 15) is 13.2 Å². The van der Waals surface area contributed by atoms with Crippen molar-refractivity contribution in [2.45, 2.75) is 6.92 Å². The van der Waals surface area contributed by atoms with Gasteiger partial charge in [0.25, 0.3) is 5.91 Å². The molecular formula is C24H26N2O6S. The van der Waals surface area contributed by atoms with Crippen molar-refractivity contribution in [3.8, 4) is 23.0 Å². The molecule has 3 aromatic rings. The molecule has 0 unspecified atom stereocenters. The van der Waals surface area contributed by atoms with Crippen LogP contribution in [0.3, 0.4) is 0 Å². The smallest absolute Gasteiger partial charge is 0.258 e. The first-order valence-electron chi connectivity index (χ1n) is 10.2. The van der Waals surface area contributed by atoms with Crippen molar-refractivity contribution >= 4 is 27.3 Å². The van der Waals surface area contributed by atoms with Crippen LogP contribution in [0.4, 0.5) is 11.4 Å². The maximum atomic E-state index is 13.4. The quantitative estimate of drug-likeness (QED) is 0.494. The fraction of sp³-hybridized carbons (Fsp3) is 0.208. The molecule has 0 aliphatic rings. The fourth-order valence-corrected chi connectivity index (χ4v) is 4.28. The van der Waals surface area contributed by atoms with Crippen molar-refractivity contribution in [3.05, 3.63) is 72.3 Å². The SMILES string of the molecule is CCN(c1cc(OC)c(OC)cc1C(=O)Nc1ccccc1Oc1ccccc1)S(C)(=O)=O. The Morgan fingerprint density at radius 3 is 2.12 bits per heavy atom. The average molecular weight is 471 g/mol. The predicted octanol–water partition coefficient (Wildman–Crippen LogP) is 4.53. The first-order chi connectivity index (χ1) is 15.8. The largest absolute Gasteiger partial charge is 0.493 e. The van der Waals surface area contributed by atoms with Crippen molar-refractivity contribution in [1.82, 2.24) is 0 Å². The van der Waals surface area contributed by atoms with Crippen LogP contribution in [0.25, 0.3) is 0 Å². The highest BCUT2D eigenvalue weighted by molar-refractivity contribution is 7.92. The molecular weight excluding hydrogens is 444 g/mol. The van der Waals surface area contributed by atoms with E-state index in [1.165, 1.54) is 26.4 Å². The van der Waals surface area contributed by atoms with E-state index < -0.39 is 15.9 Å². The number of amides is 1. The zero-order valence-electron chi connectivity index (χ0n) is 18.9. The minimum Gasteiger partial charge on any atom is -0.493 e. The second-order valence-corrected chi connectivity index (χ2v) is 8.92. The minimum atomic E-state index is -3.66. The van der Waals surface area contributed by atoms with Crippen LogP contribution in [0.2, 0.25) is 0 Å². The van der Waals surface area contributed by atoms with E-state index >= 15 is 0 Å². The number of carbonyl (C=O) groups is 1.